The van der Waals surface area contributed by atoms with Crippen molar-refractivity contribution in [2.75, 3.05) is 13.2 Å². The molecule has 1 N–H and O–H groups in total. The van der Waals surface area contributed by atoms with Crippen LogP contribution < -0.4 is 5.48 Å². The average molecular weight is 424 g/mol. The second kappa shape index (κ2) is 10.6. The van der Waals surface area contributed by atoms with E-state index in [0.717, 1.165) is 23.2 Å². The van der Waals surface area contributed by atoms with Crippen molar-refractivity contribution in [3.63, 3.8) is 0 Å². The molecule has 2 amide bonds. The summed E-state index contributed by atoms with van der Waals surface area (Å²) in [7, 11) is 0. The largest absolute Gasteiger partial charge is 0.454 e. The van der Waals surface area contributed by atoms with E-state index in [1.54, 1.807) is 19.1 Å². The van der Waals surface area contributed by atoms with Gasteiger partial charge < -0.3 is 13.9 Å². The molecule has 0 aliphatic carbocycles. The number of amides is 2. The van der Waals surface area contributed by atoms with Gasteiger partial charge in [-0.1, -0.05) is 25.1 Å². The highest BCUT2D eigenvalue weighted by Gasteiger charge is 2.19. The van der Waals surface area contributed by atoms with Crippen molar-refractivity contribution in [3.8, 4) is 0 Å². The van der Waals surface area contributed by atoms with Crippen molar-refractivity contribution in [2.24, 2.45) is 0 Å². The normalized spacial score (nSPS) is 10.8. The van der Waals surface area contributed by atoms with Crippen molar-refractivity contribution in [2.45, 2.75) is 40.3 Å². The van der Waals surface area contributed by atoms with Crippen LogP contribution in [-0.4, -0.2) is 34.4 Å². The van der Waals surface area contributed by atoms with Crippen LogP contribution in [0.25, 0.3) is 0 Å². The van der Waals surface area contributed by atoms with Gasteiger partial charge in [-0.15, -0.1) is 0 Å². The molecule has 0 saturated heterocycles. The molecule has 31 heavy (non-hydrogen) atoms. The van der Waals surface area contributed by atoms with Crippen LogP contribution in [0.5, 0.6) is 0 Å². The molecular weight excluding hydrogens is 394 g/mol. The van der Waals surface area contributed by atoms with Gasteiger partial charge >= 0.3 is 5.91 Å². The standard InChI is InChI=1S/C24H29N3O4/c1-4-14-27(24(29)21-11-7-6-9-18(21)3)16-19-10-8-15-26(19)17-20-12-13-22(31-20)23(28)25-30-5-2/h6-13,15H,4-5,14,16-17H2,1-3H3,(H,25,28). The summed E-state index contributed by atoms with van der Waals surface area (Å²) in [5, 5.41) is 0. The van der Waals surface area contributed by atoms with Crippen LogP contribution in [0.15, 0.2) is 59.1 Å². The van der Waals surface area contributed by atoms with Crippen LogP contribution in [0.1, 0.15) is 58.2 Å². The lowest BCUT2D eigenvalue weighted by Gasteiger charge is -2.24. The maximum Gasteiger partial charge on any atom is 0.310 e. The summed E-state index contributed by atoms with van der Waals surface area (Å²) in [6, 6.07) is 15.0. The van der Waals surface area contributed by atoms with Gasteiger partial charge in [-0.05, 0) is 56.2 Å². The van der Waals surface area contributed by atoms with Crippen molar-refractivity contribution >= 4 is 11.8 Å². The fraction of sp³-hybridized carbons (Fsp3) is 0.333. The highest BCUT2D eigenvalue weighted by Crippen LogP contribution is 2.17. The molecule has 3 rings (SSSR count). The van der Waals surface area contributed by atoms with Gasteiger partial charge in [-0.3, -0.25) is 14.4 Å². The summed E-state index contributed by atoms with van der Waals surface area (Å²) in [6.07, 6.45) is 2.81. The third-order valence-electron chi connectivity index (χ3n) is 4.95. The maximum absolute atomic E-state index is 13.2. The SMILES string of the molecule is CCCN(Cc1cccn1Cc1ccc(C(=O)NOCC)o1)C(=O)c1ccccc1C. The third kappa shape index (κ3) is 5.64. The van der Waals surface area contributed by atoms with Crippen LogP contribution in [0.3, 0.4) is 0 Å². The lowest BCUT2D eigenvalue weighted by Crippen LogP contribution is -2.32. The average Bonchev–Trinajstić information content (AvgIpc) is 3.41. The molecule has 0 aliphatic heterocycles. The van der Waals surface area contributed by atoms with Crippen molar-refractivity contribution in [3.05, 3.63) is 83.1 Å². The molecule has 3 aromatic rings. The number of rotatable bonds is 10. The molecule has 7 nitrogen and oxygen atoms in total. The Bertz CT molecular complexity index is 1020. The zero-order valence-corrected chi connectivity index (χ0v) is 18.3. The Kier molecular flexibility index (Phi) is 7.67. The molecule has 0 radical (unpaired) electrons. The Morgan fingerprint density at radius 2 is 1.90 bits per heavy atom. The van der Waals surface area contributed by atoms with Crippen LogP contribution in [0, 0.1) is 6.92 Å². The second-order valence-electron chi connectivity index (χ2n) is 7.30. The van der Waals surface area contributed by atoms with Gasteiger partial charge in [0.2, 0.25) is 0 Å². The number of aryl methyl sites for hydroxylation is 1. The summed E-state index contributed by atoms with van der Waals surface area (Å²) >= 11 is 0. The first kappa shape index (κ1) is 22.4. The molecule has 2 aromatic heterocycles. The number of carbonyl (C=O) groups is 2. The second-order valence-corrected chi connectivity index (χ2v) is 7.30. The van der Waals surface area contributed by atoms with E-state index in [4.69, 9.17) is 9.25 Å². The minimum atomic E-state index is -0.418. The van der Waals surface area contributed by atoms with E-state index in [9.17, 15) is 9.59 Å². The van der Waals surface area contributed by atoms with Crippen LogP contribution >= 0.6 is 0 Å². The predicted octanol–water partition coefficient (Wildman–Crippen LogP) is 4.17. The van der Waals surface area contributed by atoms with E-state index in [1.807, 2.05) is 59.0 Å². The molecule has 1 aromatic carbocycles. The van der Waals surface area contributed by atoms with Crippen molar-refractivity contribution < 1.29 is 18.8 Å². The number of hydroxylamine groups is 1. The van der Waals surface area contributed by atoms with E-state index in [2.05, 4.69) is 12.4 Å². The predicted molar refractivity (Wildman–Crippen MR) is 118 cm³/mol. The zero-order chi connectivity index (χ0) is 22.2. The Hall–Kier alpha value is -3.32. The highest BCUT2D eigenvalue weighted by atomic mass is 16.7. The van der Waals surface area contributed by atoms with Crippen LogP contribution in [0.4, 0.5) is 0 Å². The summed E-state index contributed by atoms with van der Waals surface area (Å²) in [5.74, 6) is 0.449. The number of benzene rings is 1. The summed E-state index contributed by atoms with van der Waals surface area (Å²) in [6.45, 7) is 7.80. The molecule has 0 fully saturated rings. The van der Waals surface area contributed by atoms with Crippen LogP contribution in [0.2, 0.25) is 0 Å². The molecule has 0 aliphatic rings. The highest BCUT2D eigenvalue weighted by molar-refractivity contribution is 5.95. The topological polar surface area (TPSA) is 76.7 Å². The summed E-state index contributed by atoms with van der Waals surface area (Å²) in [4.78, 5) is 31.9. The Morgan fingerprint density at radius 1 is 1.10 bits per heavy atom. The number of nitrogens with zero attached hydrogens (tertiary/aromatic N) is 2. The van der Waals surface area contributed by atoms with Gasteiger partial charge in [0.1, 0.15) is 5.76 Å². The van der Waals surface area contributed by atoms with Gasteiger partial charge in [0.05, 0.1) is 19.7 Å². The fourth-order valence-corrected chi connectivity index (χ4v) is 3.39. The third-order valence-corrected chi connectivity index (χ3v) is 4.95. The van der Waals surface area contributed by atoms with Crippen LogP contribution in [-0.2, 0) is 17.9 Å². The summed E-state index contributed by atoms with van der Waals surface area (Å²) < 4.78 is 7.69. The quantitative estimate of drug-likeness (QED) is 0.497. The van der Waals surface area contributed by atoms with Gasteiger partial charge in [0.15, 0.2) is 5.76 Å². The minimum absolute atomic E-state index is 0.0283. The van der Waals surface area contributed by atoms with Gasteiger partial charge in [0.25, 0.3) is 5.91 Å². The van der Waals surface area contributed by atoms with E-state index >= 15 is 0 Å². The fourth-order valence-electron chi connectivity index (χ4n) is 3.39. The first-order valence-electron chi connectivity index (χ1n) is 10.5. The number of nitrogens with one attached hydrogen (secondary N) is 1. The number of hydrogen-bond acceptors (Lipinski definition) is 4. The van der Waals surface area contributed by atoms with E-state index in [-0.39, 0.29) is 11.7 Å². The van der Waals surface area contributed by atoms with Crippen molar-refractivity contribution in [1.82, 2.24) is 14.9 Å². The molecule has 0 saturated carbocycles. The lowest BCUT2D eigenvalue weighted by atomic mass is 10.1. The molecule has 0 bridgehead atoms. The van der Waals surface area contributed by atoms with Gasteiger partial charge in [0, 0.05) is 24.0 Å². The Labute approximate surface area is 182 Å². The molecule has 2 heterocycles. The molecule has 0 unspecified atom stereocenters. The number of hydrogen-bond donors (Lipinski definition) is 1. The number of furan rings is 1. The van der Waals surface area contributed by atoms with E-state index in [1.165, 1.54) is 0 Å². The molecular formula is C24H29N3O4. The van der Waals surface area contributed by atoms with E-state index < -0.39 is 5.91 Å². The Morgan fingerprint density at radius 3 is 2.65 bits per heavy atom. The number of carbonyl (C=O) groups excluding carboxylic acids is 2. The molecule has 0 spiro atoms. The van der Waals surface area contributed by atoms with Gasteiger partial charge in [-0.25, -0.2) is 5.48 Å². The van der Waals surface area contributed by atoms with Crippen molar-refractivity contribution in [1.29, 1.82) is 0 Å². The van der Waals surface area contributed by atoms with Gasteiger partial charge in [-0.2, -0.15) is 0 Å². The lowest BCUT2D eigenvalue weighted by molar-refractivity contribution is 0.0339. The molecule has 164 valence electrons. The molecule has 0 atom stereocenters. The maximum atomic E-state index is 13.2. The first-order chi connectivity index (χ1) is 15.0. The number of aromatic nitrogens is 1. The first-order valence-corrected chi connectivity index (χ1v) is 10.5. The smallest absolute Gasteiger partial charge is 0.310 e. The Balaban J connectivity index is 1.73. The molecule has 7 heteroatoms. The van der Waals surface area contributed by atoms with E-state index in [0.29, 0.717) is 32.0 Å². The monoisotopic (exact) mass is 423 g/mol. The minimum Gasteiger partial charge on any atom is -0.454 e. The zero-order valence-electron chi connectivity index (χ0n) is 18.3. The summed E-state index contributed by atoms with van der Waals surface area (Å²) in [5.41, 5.74) is 5.01.